The van der Waals surface area contributed by atoms with Crippen LogP contribution in [0.25, 0.3) is 0 Å². The van der Waals surface area contributed by atoms with E-state index in [0.29, 0.717) is 29.1 Å². The number of aryl methyl sites for hydroxylation is 1. The summed E-state index contributed by atoms with van der Waals surface area (Å²) < 4.78 is 5.14. The number of ether oxygens (including phenoxy) is 1. The van der Waals surface area contributed by atoms with Crippen molar-refractivity contribution in [3.05, 3.63) is 88.3 Å². The van der Waals surface area contributed by atoms with Crippen molar-refractivity contribution in [1.82, 2.24) is 0 Å². The lowest BCUT2D eigenvalue weighted by Crippen LogP contribution is -2.34. The zero-order valence-electron chi connectivity index (χ0n) is 24.5. The summed E-state index contributed by atoms with van der Waals surface area (Å²) in [5, 5.41) is 15.4. The Kier molecular flexibility index (Phi) is 10.6. The number of hydrogen-bond acceptors (Lipinski definition) is 7. The highest BCUT2D eigenvalue weighted by Crippen LogP contribution is 2.41. The first-order valence-electron chi connectivity index (χ1n) is 14.9. The van der Waals surface area contributed by atoms with Gasteiger partial charge >= 0.3 is 11.9 Å². The molecule has 10 heteroatoms. The molecule has 3 atom stereocenters. The smallest absolute Gasteiger partial charge is 0.341 e. The van der Waals surface area contributed by atoms with Crippen LogP contribution >= 0.6 is 23.1 Å². The number of hydrogen-bond donors (Lipinski definition) is 3. The minimum atomic E-state index is -0.983. The second kappa shape index (κ2) is 14.7. The highest BCUT2D eigenvalue weighted by Gasteiger charge is 2.34. The molecule has 2 amide bonds. The van der Waals surface area contributed by atoms with E-state index in [2.05, 4.69) is 10.6 Å². The number of amides is 2. The summed E-state index contributed by atoms with van der Waals surface area (Å²) in [5.41, 5.74) is 2.76. The maximum absolute atomic E-state index is 14.0. The van der Waals surface area contributed by atoms with Crippen molar-refractivity contribution in [2.45, 2.75) is 61.5 Å². The molecule has 0 bridgehead atoms. The van der Waals surface area contributed by atoms with E-state index in [-0.39, 0.29) is 11.8 Å². The summed E-state index contributed by atoms with van der Waals surface area (Å²) in [6.07, 6.45) is 10.3. The molecule has 0 aliphatic heterocycles. The van der Waals surface area contributed by atoms with E-state index in [1.54, 1.807) is 24.3 Å². The predicted octanol–water partition coefficient (Wildman–Crippen LogP) is 7.27. The topological polar surface area (TPSA) is 122 Å². The number of allylic oxidation sites excluding steroid dienone is 2. The zero-order chi connectivity index (χ0) is 31.1. The minimum absolute atomic E-state index is 0.270. The molecular formula is C34H36N2O6S2. The van der Waals surface area contributed by atoms with Crippen LogP contribution in [0.15, 0.2) is 71.6 Å². The molecule has 230 valence electrons. The maximum Gasteiger partial charge on any atom is 0.341 e. The molecule has 1 aromatic heterocycles. The van der Waals surface area contributed by atoms with E-state index < -0.39 is 29.0 Å². The van der Waals surface area contributed by atoms with E-state index in [0.717, 1.165) is 59.4 Å². The highest BCUT2D eigenvalue weighted by atomic mass is 32.2. The third kappa shape index (κ3) is 7.42. The number of aliphatic carboxylic acids is 1. The van der Waals surface area contributed by atoms with E-state index in [9.17, 15) is 24.3 Å². The van der Waals surface area contributed by atoms with Gasteiger partial charge in [-0.25, -0.2) is 4.79 Å². The van der Waals surface area contributed by atoms with Crippen molar-refractivity contribution < 1.29 is 29.0 Å². The first kappa shape index (κ1) is 31.5. The summed E-state index contributed by atoms with van der Waals surface area (Å²) in [5.74, 6) is -3.47. The third-order valence-corrected chi connectivity index (χ3v) is 10.5. The van der Waals surface area contributed by atoms with E-state index in [1.165, 1.54) is 30.2 Å². The molecule has 0 spiro atoms. The fourth-order valence-electron chi connectivity index (χ4n) is 5.80. The van der Waals surface area contributed by atoms with E-state index in [1.807, 2.05) is 42.5 Å². The van der Waals surface area contributed by atoms with Gasteiger partial charge in [0.15, 0.2) is 0 Å². The fourth-order valence-corrected chi connectivity index (χ4v) is 8.16. The Balaban J connectivity index is 1.39. The number of nitrogens with one attached hydrogen (secondary N) is 2. The van der Waals surface area contributed by atoms with Crippen LogP contribution in [-0.2, 0) is 32.0 Å². The van der Waals surface area contributed by atoms with Crippen molar-refractivity contribution in [2.75, 3.05) is 17.7 Å². The number of rotatable bonds is 9. The lowest BCUT2D eigenvalue weighted by atomic mass is 9.82. The Morgan fingerprint density at radius 3 is 2.36 bits per heavy atom. The first-order chi connectivity index (χ1) is 21.4. The van der Waals surface area contributed by atoms with Gasteiger partial charge in [-0.3, -0.25) is 14.4 Å². The Morgan fingerprint density at radius 2 is 1.64 bits per heavy atom. The normalized spacial score (nSPS) is 18.7. The van der Waals surface area contributed by atoms with Gasteiger partial charge in [0.1, 0.15) is 10.3 Å². The number of thioether (sulfide) groups is 1. The number of carbonyl (C=O) groups excluding carboxylic acids is 3. The Hall–Kier alpha value is -3.89. The van der Waals surface area contributed by atoms with Crippen LogP contribution in [0.4, 0.5) is 10.7 Å². The molecule has 8 nitrogen and oxygen atoms in total. The standard InChI is InChI=1S/C34H36N2O6S2/c1-42-34(41)28-26-18-7-2-3-8-19-27(26)44-32(28)36-31(38)29(21-12-5-4-6-13-21)43-23-15-11-14-22(20-23)35-30(37)24-16-9-10-17-25(24)33(39)40/h4-6,9-15,20,24-25,29H,2-3,7-8,16-19H2,1H3,(H,35,37)(H,36,38)(H,39,40). The molecule has 2 aromatic carbocycles. The van der Waals surface area contributed by atoms with Crippen LogP contribution in [0.3, 0.4) is 0 Å². The van der Waals surface area contributed by atoms with Crippen molar-refractivity contribution in [3.63, 3.8) is 0 Å². The van der Waals surface area contributed by atoms with Crippen molar-refractivity contribution in [2.24, 2.45) is 11.8 Å². The average molecular weight is 633 g/mol. The number of carboxylic acid groups (broad SMARTS) is 1. The molecule has 0 saturated heterocycles. The second-order valence-electron chi connectivity index (χ2n) is 11.0. The number of methoxy groups -OCH3 is 1. The van der Waals surface area contributed by atoms with Crippen LogP contribution in [0.1, 0.15) is 70.1 Å². The third-order valence-electron chi connectivity index (χ3n) is 8.08. The maximum atomic E-state index is 14.0. The van der Waals surface area contributed by atoms with E-state index in [4.69, 9.17) is 4.74 Å². The van der Waals surface area contributed by atoms with E-state index >= 15 is 0 Å². The fraction of sp³-hybridized carbons (Fsp3) is 0.353. The van der Waals surface area contributed by atoms with Gasteiger partial charge in [0.25, 0.3) is 0 Å². The molecule has 3 aromatic rings. The summed E-state index contributed by atoms with van der Waals surface area (Å²) >= 11 is 2.80. The zero-order valence-corrected chi connectivity index (χ0v) is 26.2. The molecule has 2 aliphatic carbocycles. The Morgan fingerprint density at radius 1 is 0.909 bits per heavy atom. The number of fused-ring (bicyclic) bond motifs is 1. The lowest BCUT2D eigenvalue weighted by molar-refractivity contribution is -0.146. The molecule has 2 aliphatic rings. The molecule has 0 radical (unpaired) electrons. The number of esters is 1. The number of anilines is 2. The number of carboxylic acids is 1. The second-order valence-corrected chi connectivity index (χ2v) is 13.3. The van der Waals surface area contributed by atoms with Gasteiger partial charge in [0.2, 0.25) is 11.8 Å². The minimum Gasteiger partial charge on any atom is -0.481 e. The van der Waals surface area contributed by atoms with Crippen LogP contribution in [0.5, 0.6) is 0 Å². The lowest BCUT2D eigenvalue weighted by Gasteiger charge is -2.24. The van der Waals surface area contributed by atoms with Crippen molar-refractivity contribution in [3.8, 4) is 0 Å². The van der Waals surface area contributed by atoms with Crippen molar-refractivity contribution >= 4 is 57.5 Å². The van der Waals surface area contributed by atoms with Crippen LogP contribution in [-0.4, -0.2) is 36.0 Å². The molecule has 3 unspecified atom stereocenters. The summed E-state index contributed by atoms with van der Waals surface area (Å²) in [6.45, 7) is 0. The largest absolute Gasteiger partial charge is 0.481 e. The van der Waals surface area contributed by atoms with Gasteiger partial charge in [-0.2, -0.15) is 0 Å². The monoisotopic (exact) mass is 632 g/mol. The average Bonchev–Trinajstić information content (AvgIpc) is 3.35. The molecule has 3 N–H and O–H groups in total. The predicted molar refractivity (Wildman–Crippen MR) is 173 cm³/mol. The van der Waals surface area contributed by atoms with Gasteiger partial charge in [0.05, 0.1) is 24.5 Å². The van der Waals surface area contributed by atoms with Crippen LogP contribution in [0.2, 0.25) is 0 Å². The molecule has 0 saturated carbocycles. The summed E-state index contributed by atoms with van der Waals surface area (Å²) in [6, 6.07) is 16.6. The van der Waals surface area contributed by atoms with Crippen LogP contribution in [0, 0.1) is 11.8 Å². The number of carbonyl (C=O) groups is 4. The molecule has 1 heterocycles. The molecule has 44 heavy (non-hydrogen) atoms. The van der Waals surface area contributed by atoms with Gasteiger partial charge in [-0.1, -0.05) is 61.4 Å². The SMILES string of the molecule is COC(=O)c1c(NC(=O)C(Sc2cccc(NC(=O)C3CC=CCC3C(=O)O)c2)c2ccccc2)sc2c1CCCCCC2. The van der Waals surface area contributed by atoms with Gasteiger partial charge in [0, 0.05) is 15.5 Å². The summed E-state index contributed by atoms with van der Waals surface area (Å²) in [7, 11) is 1.36. The first-order valence-corrected chi connectivity index (χ1v) is 16.6. The summed E-state index contributed by atoms with van der Waals surface area (Å²) in [4.78, 5) is 53.6. The number of thiophene rings is 1. The van der Waals surface area contributed by atoms with Gasteiger partial charge in [-0.05, 0) is 67.9 Å². The highest BCUT2D eigenvalue weighted by molar-refractivity contribution is 8.00. The number of benzene rings is 2. The van der Waals surface area contributed by atoms with Gasteiger partial charge < -0.3 is 20.5 Å². The Labute approximate surface area is 265 Å². The molecule has 0 fully saturated rings. The molecule has 5 rings (SSSR count). The van der Waals surface area contributed by atoms with Crippen molar-refractivity contribution in [1.29, 1.82) is 0 Å². The quantitative estimate of drug-likeness (QED) is 0.129. The van der Waals surface area contributed by atoms with Crippen LogP contribution < -0.4 is 10.6 Å². The van der Waals surface area contributed by atoms with Gasteiger partial charge in [-0.15, -0.1) is 23.1 Å². The molecular weight excluding hydrogens is 597 g/mol. The Bertz CT molecular complexity index is 1550.